The van der Waals surface area contributed by atoms with Gasteiger partial charge in [-0.3, -0.25) is 0 Å². The maximum atomic E-state index is 4.69. The maximum absolute atomic E-state index is 4.69. The van der Waals surface area contributed by atoms with E-state index in [9.17, 15) is 0 Å². The lowest BCUT2D eigenvalue weighted by molar-refractivity contribution is 0.367. The summed E-state index contributed by atoms with van der Waals surface area (Å²) in [5.74, 6) is 0. The van der Waals surface area contributed by atoms with Crippen molar-refractivity contribution < 1.29 is 0 Å². The standard InChI is InChI=1S/C15H25N3S/c1-11-12(2)19-15(16-11)18-9-7-14(8-10-18)17-13-5-3-4-6-13/h13-14,17H,3-10H2,1-2H3. The molecule has 106 valence electrons. The van der Waals surface area contributed by atoms with E-state index in [1.54, 1.807) is 0 Å². The van der Waals surface area contributed by atoms with Gasteiger partial charge in [-0.25, -0.2) is 4.98 Å². The lowest BCUT2D eigenvalue weighted by Gasteiger charge is -2.33. The SMILES string of the molecule is Cc1nc(N2CCC(NC3CCCC3)CC2)sc1C. The molecule has 0 atom stereocenters. The van der Waals surface area contributed by atoms with Gasteiger partial charge in [-0.15, -0.1) is 11.3 Å². The van der Waals surface area contributed by atoms with Crippen molar-refractivity contribution in [3.8, 4) is 0 Å². The molecule has 4 heteroatoms. The first-order valence-corrected chi connectivity index (χ1v) is 8.49. The zero-order valence-corrected chi connectivity index (χ0v) is 12.9. The second kappa shape index (κ2) is 5.80. The third-order valence-corrected chi connectivity index (χ3v) is 5.74. The van der Waals surface area contributed by atoms with Crippen molar-refractivity contribution in [1.82, 2.24) is 10.3 Å². The van der Waals surface area contributed by atoms with Gasteiger partial charge in [0.05, 0.1) is 5.69 Å². The van der Waals surface area contributed by atoms with E-state index in [0.717, 1.165) is 25.2 Å². The molecule has 1 N–H and O–H groups in total. The molecule has 0 radical (unpaired) electrons. The number of piperidine rings is 1. The van der Waals surface area contributed by atoms with Gasteiger partial charge in [0, 0.05) is 30.1 Å². The number of hydrogen-bond donors (Lipinski definition) is 1. The highest BCUT2D eigenvalue weighted by Crippen LogP contribution is 2.28. The Kier molecular flexibility index (Phi) is 4.08. The quantitative estimate of drug-likeness (QED) is 0.920. The Labute approximate surface area is 120 Å². The molecule has 1 saturated carbocycles. The Bertz CT molecular complexity index is 396. The number of aromatic nitrogens is 1. The molecule has 0 bridgehead atoms. The van der Waals surface area contributed by atoms with Crippen molar-refractivity contribution in [2.24, 2.45) is 0 Å². The normalized spacial score (nSPS) is 22.3. The minimum absolute atomic E-state index is 0.738. The summed E-state index contributed by atoms with van der Waals surface area (Å²) in [4.78, 5) is 8.52. The second-order valence-electron chi connectivity index (χ2n) is 6.05. The van der Waals surface area contributed by atoms with Crippen LogP contribution >= 0.6 is 11.3 Å². The van der Waals surface area contributed by atoms with Crippen LogP contribution in [0.4, 0.5) is 5.13 Å². The summed E-state index contributed by atoms with van der Waals surface area (Å²) in [6, 6.07) is 1.54. The molecular formula is C15H25N3S. The number of hydrogen-bond acceptors (Lipinski definition) is 4. The molecule has 0 amide bonds. The zero-order chi connectivity index (χ0) is 13.2. The molecule has 2 aliphatic rings. The summed E-state index contributed by atoms with van der Waals surface area (Å²) in [6.07, 6.45) is 8.18. The minimum Gasteiger partial charge on any atom is -0.348 e. The Balaban J connectivity index is 1.51. The van der Waals surface area contributed by atoms with E-state index in [-0.39, 0.29) is 0 Å². The van der Waals surface area contributed by atoms with E-state index in [1.807, 2.05) is 11.3 Å². The van der Waals surface area contributed by atoms with Crippen LogP contribution in [-0.4, -0.2) is 30.2 Å². The fraction of sp³-hybridized carbons (Fsp3) is 0.800. The highest BCUT2D eigenvalue weighted by atomic mass is 32.1. The van der Waals surface area contributed by atoms with E-state index in [0.29, 0.717) is 0 Å². The van der Waals surface area contributed by atoms with Gasteiger partial charge in [-0.2, -0.15) is 0 Å². The molecule has 1 aromatic heterocycles. The van der Waals surface area contributed by atoms with Crippen LogP contribution in [0.25, 0.3) is 0 Å². The van der Waals surface area contributed by atoms with Crippen molar-refractivity contribution in [3.05, 3.63) is 10.6 Å². The molecule has 1 saturated heterocycles. The van der Waals surface area contributed by atoms with Gasteiger partial charge in [-0.05, 0) is 39.5 Å². The molecule has 1 aliphatic heterocycles. The van der Waals surface area contributed by atoms with E-state index >= 15 is 0 Å². The minimum atomic E-state index is 0.738. The third-order valence-electron chi connectivity index (χ3n) is 4.61. The van der Waals surface area contributed by atoms with E-state index in [1.165, 1.54) is 54.2 Å². The maximum Gasteiger partial charge on any atom is 0.185 e. The van der Waals surface area contributed by atoms with Gasteiger partial charge in [0.15, 0.2) is 5.13 Å². The van der Waals surface area contributed by atoms with Crippen molar-refractivity contribution in [2.45, 2.75) is 64.5 Å². The van der Waals surface area contributed by atoms with Crippen LogP contribution in [-0.2, 0) is 0 Å². The molecule has 3 nitrogen and oxygen atoms in total. The molecule has 0 aromatic carbocycles. The predicted molar refractivity (Wildman–Crippen MR) is 82.2 cm³/mol. The van der Waals surface area contributed by atoms with Crippen molar-refractivity contribution in [3.63, 3.8) is 0 Å². The molecule has 3 rings (SSSR count). The lowest BCUT2D eigenvalue weighted by Crippen LogP contribution is -2.45. The van der Waals surface area contributed by atoms with E-state index in [2.05, 4.69) is 29.0 Å². The number of aryl methyl sites for hydroxylation is 2. The van der Waals surface area contributed by atoms with Crippen LogP contribution < -0.4 is 10.2 Å². The molecule has 1 aliphatic carbocycles. The summed E-state index contributed by atoms with van der Waals surface area (Å²) < 4.78 is 0. The van der Waals surface area contributed by atoms with Crippen LogP contribution in [0.5, 0.6) is 0 Å². The Hall–Kier alpha value is -0.610. The topological polar surface area (TPSA) is 28.2 Å². The summed E-state index contributed by atoms with van der Waals surface area (Å²) in [7, 11) is 0. The number of nitrogens with zero attached hydrogens (tertiary/aromatic N) is 2. The second-order valence-corrected chi connectivity index (χ2v) is 7.23. The fourth-order valence-corrected chi connectivity index (χ4v) is 4.22. The molecular weight excluding hydrogens is 254 g/mol. The summed E-state index contributed by atoms with van der Waals surface area (Å²) in [5, 5.41) is 5.09. The number of anilines is 1. The average molecular weight is 279 g/mol. The summed E-state index contributed by atoms with van der Waals surface area (Å²) in [6.45, 7) is 6.61. The number of rotatable bonds is 3. The Morgan fingerprint density at radius 2 is 1.68 bits per heavy atom. The largest absolute Gasteiger partial charge is 0.348 e. The molecule has 1 aromatic rings. The van der Waals surface area contributed by atoms with Crippen LogP contribution in [0.3, 0.4) is 0 Å². The summed E-state index contributed by atoms with van der Waals surface area (Å²) >= 11 is 1.85. The van der Waals surface area contributed by atoms with Crippen LogP contribution in [0.15, 0.2) is 0 Å². The monoisotopic (exact) mass is 279 g/mol. The van der Waals surface area contributed by atoms with Gasteiger partial charge < -0.3 is 10.2 Å². The highest BCUT2D eigenvalue weighted by molar-refractivity contribution is 7.15. The molecule has 0 unspecified atom stereocenters. The Morgan fingerprint density at radius 1 is 1.05 bits per heavy atom. The predicted octanol–water partition coefficient (Wildman–Crippen LogP) is 3.26. The van der Waals surface area contributed by atoms with Crippen molar-refractivity contribution >= 4 is 16.5 Å². The highest BCUT2D eigenvalue weighted by Gasteiger charge is 2.24. The Morgan fingerprint density at radius 3 is 2.26 bits per heavy atom. The number of thiazole rings is 1. The van der Waals surface area contributed by atoms with Gasteiger partial charge in [0.1, 0.15) is 0 Å². The van der Waals surface area contributed by atoms with E-state index < -0.39 is 0 Å². The van der Waals surface area contributed by atoms with Crippen LogP contribution in [0.1, 0.15) is 49.1 Å². The smallest absolute Gasteiger partial charge is 0.185 e. The first-order valence-electron chi connectivity index (χ1n) is 7.67. The molecule has 2 fully saturated rings. The molecule has 0 spiro atoms. The van der Waals surface area contributed by atoms with Crippen LogP contribution in [0, 0.1) is 13.8 Å². The van der Waals surface area contributed by atoms with Gasteiger partial charge in [0.2, 0.25) is 0 Å². The summed E-state index contributed by atoms with van der Waals surface area (Å²) in [5.41, 5.74) is 1.20. The van der Waals surface area contributed by atoms with Gasteiger partial charge in [0.25, 0.3) is 0 Å². The molecule has 19 heavy (non-hydrogen) atoms. The average Bonchev–Trinajstić information content (AvgIpc) is 3.02. The fourth-order valence-electron chi connectivity index (χ4n) is 3.25. The van der Waals surface area contributed by atoms with Crippen LogP contribution in [0.2, 0.25) is 0 Å². The third kappa shape index (κ3) is 3.11. The first-order chi connectivity index (χ1) is 9.22. The lowest BCUT2D eigenvalue weighted by atomic mass is 10.0. The van der Waals surface area contributed by atoms with Gasteiger partial charge in [-0.1, -0.05) is 12.8 Å². The van der Waals surface area contributed by atoms with E-state index in [4.69, 9.17) is 0 Å². The van der Waals surface area contributed by atoms with Crippen molar-refractivity contribution in [1.29, 1.82) is 0 Å². The number of nitrogens with one attached hydrogen (secondary N) is 1. The van der Waals surface area contributed by atoms with Crippen molar-refractivity contribution in [2.75, 3.05) is 18.0 Å². The molecule has 2 heterocycles. The first kappa shape index (κ1) is 13.4. The zero-order valence-electron chi connectivity index (χ0n) is 12.1. The van der Waals surface area contributed by atoms with Gasteiger partial charge >= 0.3 is 0 Å².